The zero-order valence-electron chi connectivity index (χ0n) is 4.72. The molecule has 1 nitrogen and oxygen atoms in total. The standard InChI is InChI=1S/C7H9N/c1-2-5-6-3-8-4-7(5)6/h1,5-8H,3-4H2/t5-,6-,7+. The molecule has 0 aromatic rings. The number of hydrogen-bond acceptors (Lipinski definition) is 1. The van der Waals surface area contributed by atoms with E-state index < -0.39 is 0 Å². The smallest absolute Gasteiger partial charge is 0.0288 e. The maximum atomic E-state index is 5.25. The summed E-state index contributed by atoms with van der Waals surface area (Å²) in [6.45, 7) is 2.33. The van der Waals surface area contributed by atoms with Gasteiger partial charge in [-0.1, -0.05) is 0 Å². The number of hydrogen-bond donors (Lipinski definition) is 1. The van der Waals surface area contributed by atoms with Crippen molar-refractivity contribution in [2.24, 2.45) is 17.8 Å². The number of rotatable bonds is 0. The van der Waals surface area contributed by atoms with Crippen LogP contribution < -0.4 is 5.32 Å². The van der Waals surface area contributed by atoms with Gasteiger partial charge in [-0.15, -0.1) is 12.3 Å². The first-order valence-corrected chi connectivity index (χ1v) is 3.10. The van der Waals surface area contributed by atoms with Crippen molar-refractivity contribution >= 4 is 0 Å². The molecule has 3 atom stereocenters. The third-order valence-corrected chi connectivity index (χ3v) is 2.28. The van der Waals surface area contributed by atoms with Crippen LogP contribution in [0.25, 0.3) is 0 Å². The number of terminal acetylenes is 1. The summed E-state index contributed by atoms with van der Waals surface area (Å²) in [7, 11) is 0. The Morgan fingerprint density at radius 2 is 2.00 bits per heavy atom. The minimum Gasteiger partial charge on any atom is -0.316 e. The summed E-state index contributed by atoms with van der Waals surface area (Å²) in [6.07, 6.45) is 5.25. The molecule has 2 fully saturated rings. The van der Waals surface area contributed by atoms with Crippen molar-refractivity contribution in [3.8, 4) is 12.3 Å². The second kappa shape index (κ2) is 1.27. The Bertz CT molecular complexity index is 135. The van der Waals surface area contributed by atoms with Crippen molar-refractivity contribution in [2.45, 2.75) is 0 Å². The van der Waals surface area contributed by atoms with E-state index in [0.717, 1.165) is 11.8 Å². The van der Waals surface area contributed by atoms with E-state index in [4.69, 9.17) is 6.42 Å². The zero-order chi connectivity index (χ0) is 5.56. The van der Waals surface area contributed by atoms with Gasteiger partial charge >= 0.3 is 0 Å². The van der Waals surface area contributed by atoms with Crippen molar-refractivity contribution in [2.75, 3.05) is 13.1 Å². The molecule has 1 saturated heterocycles. The Hall–Kier alpha value is -0.480. The molecule has 0 radical (unpaired) electrons. The first-order chi connectivity index (χ1) is 3.93. The average molecular weight is 107 g/mol. The fourth-order valence-corrected chi connectivity index (χ4v) is 1.67. The van der Waals surface area contributed by atoms with E-state index in [1.54, 1.807) is 0 Å². The van der Waals surface area contributed by atoms with Crippen LogP contribution in [-0.2, 0) is 0 Å². The maximum Gasteiger partial charge on any atom is 0.0288 e. The molecule has 1 heteroatoms. The minimum atomic E-state index is 0.635. The van der Waals surface area contributed by atoms with Crippen molar-refractivity contribution < 1.29 is 0 Å². The van der Waals surface area contributed by atoms with Crippen molar-refractivity contribution in [3.63, 3.8) is 0 Å². The van der Waals surface area contributed by atoms with E-state index in [-0.39, 0.29) is 0 Å². The Labute approximate surface area is 49.5 Å². The van der Waals surface area contributed by atoms with Crippen LogP contribution in [0, 0.1) is 30.1 Å². The first kappa shape index (κ1) is 4.40. The van der Waals surface area contributed by atoms with Crippen LogP contribution in [0.15, 0.2) is 0 Å². The topological polar surface area (TPSA) is 12.0 Å². The molecular weight excluding hydrogens is 98.1 g/mol. The van der Waals surface area contributed by atoms with Crippen LogP contribution in [0.5, 0.6) is 0 Å². The molecule has 0 bridgehead atoms. The quantitative estimate of drug-likeness (QED) is 0.432. The fourth-order valence-electron chi connectivity index (χ4n) is 1.67. The zero-order valence-corrected chi connectivity index (χ0v) is 4.72. The molecule has 1 aliphatic carbocycles. The van der Waals surface area contributed by atoms with E-state index >= 15 is 0 Å². The van der Waals surface area contributed by atoms with E-state index in [1.807, 2.05) is 0 Å². The fraction of sp³-hybridized carbons (Fsp3) is 0.714. The van der Waals surface area contributed by atoms with Crippen LogP contribution in [0.1, 0.15) is 0 Å². The monoisotopic (exact) mass is 107 g/mol. The van der Waals surface area contributed by atoms with Crippen LogP contribution >= 0.6 is 0 Å². The molecule has 0 aromatic carbocycles. The Kier molecular flexibility index (Phi) is 0.698. The lowest BCUT2D eigenvalue weighted by Gasteiger charge is -1.93. The van der Waals surface area contributed by atoms with E-state index in [9.17, 15) is 0 Å². The lowest BCUT2D eigenvalue weighted by Crippen LogP contribution is -2.13. The molecule has 2 aliphatic rings. The summed E-state index contributed by atoms with van der Waals surface area (Å²) in [5.41, 5.74) is 0. The Morgan fingerprint density at radius 3 is 2.38 bits per heavy atom. The van der Waals surface area contributed by atoms with Crippen LogP contribution in [0.2, 0.25) is 0 Å². The number of fused-ring (bicyclic) bond motifs is 1. The molecule has 42 valence electrons. The van der Waals surface area contributed by atoms with Crippen molar-refractivity contribution in [3.05, 3.63) is 0 Å². The molecule has 2 rings (SSSR count). The number of piperidine rings is 1. The highest BCUT2D eigenvalue weighted by Gasteiger charge is 2.51. The summed E-state index contributed by atoms with van der Waals surface area (Å²) in [5.74, 6) is 5.13. The summed E-state index contributed by atoms with van der Waals surface area (Å²) in [4.78, 5) is 0. The van der Waals surface area contributed by atoms with Gasteiger partial charge in [-0.3, -0.25) is 0 Å². The first-order valence-electron chi connectivity index (χ1n) is 3.10. The van der Waals surface area contributed by atoms with Crippen LogP contribution in [-0.4, -0.2) is 13.1 Å². The van der Waals surface area contributed by atoms with Gasteiger partial charge in [-0.05, 0) is 24.9 Å². The SMILES string of the molecule is C#C[C@@H]1[C@H]2CNC[C@@H]12. The lowest BCUT2D eigenvalue weighted by atomic mass is 10.3. The van der Waals surface area contributed by atoms with Gasteiger partial charge in [0.05, 0.1) is 0 Å². The highest BCUT2D eigenvalue weighted by atomic mass is 15.0. The average Bonchev–Trinajstić information content (AvgIpc) is 2.22. The third kappa shape index (κ3) is 0.367. The van der Waals surface area contributed by atoms with Gasteiger partial charge in [0.2, 0.25) is 0 Å². The predicted octanol–water partition coefficient (Wildman–Crippen LogP) is 0.0850. The van der Waals surface area contributed by atoms with E-state index in [0.29, 0.717) is 5.92 Å². The molecule has 1 saturated carbocycles. The molecule has 1 N–H and O–H groups in total. The number of nitrogens with one attached hydrogen (secondary N) is 1. The maximum absolute atomic E-state index is 5.25. The second-order valence-electron chi connectivity index (χ2n) is 2.68. The normalized spacial score (nSPS) is 50.1. The van der Waals surface area contributed by atoms with E-state index in [1.165, 1.54) is 13.1 Å². The highest BCUT2D eigenvalue weighted by Crippen LogP contribution is 2.47. The van der Waals surface area contributed by atoms with E-state index in [2.05, 4.69) is 11.2 Å². The summed E-state index contributed by atoms with van der Waals surface area (Å²) in [6, 6.07) is 0. The molecule has 0 unspecified atom stereocenters. The molecule has 0 amide bonds. The molecular formula is C7H9N. The van der Waals surface area contributed by atoms with Gasteiger partial charge in [-0.2, -0.15) is 0 Å². The predicted molar refractivity (Wildman–Crippen MR) is 32.2 cm³/mol. The van der Waals surface area contributed by atoms with Crippen molar-refractivity contribution in [1.82, 2.24) is 5.32 Å². The largest absolute Gasteiger partial charge is 0.316 e. The highest BCUT2D eigenvalue weighted by molar-refractivity contribution is 5.16. The molecule has 8 heavy (non-hydrogen) atoms. The Morgan fingerprint density at radius 1 is 1.38 bits per heavy atom. The van der Waals surface area contributed by atoms with Gasteiger partial charge in [0.15, 0.2) is 0 Å². The summed E-state index contributed by atoms with van der Waals surface area (Å²) in [5, 5.41) is 3.29. The van der Waals surface area contributed by atoms with Gasteiger partial charge < -0.3 is 5.32 Å². The van der Waals surface area contributed by atoms with Gasteiger partial charge in [0.25, 0.3) is 0 Å². The lowest BCUT2D eigenvalue weighted by molar-refractivity contribution is 0.679. The molecule has 0 spiro atoms. The third-order valence-electron chi connectivity index (χ3n) is 2.28. The molecule has 1 aliphatic heterocycles. The molecule has 1 heterocycles. The second-order valence-corrected chi connectivity index (χ2v) is 2.68. The summed E-state index contributed by atoms with van der Waals surface area (Å²) < 4.78 is 0. The van der Waals surface area contributed by atoms with Gasteiger partial charge in [0, 0.05) is 5.92 Å². The van der Waals surface area contributed by atoms with Crippen LogP contribution in [0.3, 0.4) is 0 Å². The molecule has 0 aromatic heterocycles. The van der Waals surface area contributed by atoms with Gasteiger partial charge in [0.1, 0.15) is 0 Å². The van der Waals surface area contributed by atoms with Gasteiger partial charge in [-0.25, -0.2) is 0 Å². The van der Waals surface area contributed by atoms with Crippen LogP contribution in [0.4, 0.5) is 0 Å². The summed E-state index contributed by atoms with van der Waals surface area (Å²) >= 11 is 0. The minimum absolute atomic E-state index is 0.635. The Balaban J connectivity index is 2.06. The van der Waals surface area contributed by atoms with Crippen molar-refractivity contribution in [1.29, 1.82) is 0 Å².